The largest absolute Gasteiger partial charge is 0.461 e. The molecule has 8 nitrogen and oxygen atoms in total. The summed E-state index contributed by atoms with van der Waals surface area (Å²) in [7, 11) is 1.86. The fourth-order valence-corrected chi connectivity index (χ4v) is 2.90. The van der Waals surface area contributed by atoms with Crippen molar-refractivity contribution < 1.29 is 4.42 Å². The molecule has 0 atom stereocenters. The van der Waals surface area contributed by atoms with Crippen LogP contribution in [0.15, 0.2) is 59.3 Å². The zero-order chi connectivity index (χ0) is 17.5. The minimum absolute atomic E-state index is 0.510. The summed E-state index contributed by atoms with van der Waals surface area (Å²) >= 11 is 0. The molecule has 0 fully saturated rings. The topological polar surface area (TPSA) is 86.1 Å². The van der Waals surface area contributed by atoms with E-state index in [-0.39, 0.29) is 0 Å². The van der Waals surface area contributed by atoms with Crippen molar-refractivity contribution >= 4 is 22.6 Å². The third-order valence-corrected chi connectivity index (χ3v) is 4.10. The van der Waals surface area contributed by atoms with Crippen molar-refractivity contribution in [3.8, 4) is 11.6 Å². The lowest BCUT2D eigenvalue weighted by Gasteiger charge is -2.07. The number of nitrogens with zero attached hydrogens (tertiary/aromatic N) is 6. The zero-order valence-electron chi connectivity index (χ0n) is 14.0. The monoisotopic (exact) mass is 345 g/mol. The number of aryl methyl sites for hydroxylation is 1. The minimum Gasteiger partial charge on any atom is -0.461 e. The van der Waals surface area contributed by atoms with Crippen molar-refractivity contribution in [2.24, 2.45) is 7.05 Å². The first-order valence-electron chi connectivity index (χ1n) is 8.20. The van der Waals surface area contributed by atoms with Crippen LogP contribution in [0.25, 0.3) is 28.3 Å². The van der Waals surface area contributed by atoms with Crippen LogP contribution < -0.4 is 5.32 Å². The third kappa shape index (κ3) is 2.39. The molecular formula is C18H15N7O. The van der Waals surface area contributed by atoms with Crippen LogP contribution in [0.4, 0.5) is 5.95 Å². The van der Waals surface area contributed by atoms with E-state index < -0.39 is 0 Å². The Hall–Kier alpha value is -3.68. The highest BCUT2D eigenvalue weighted by atomic mass is 16.3. The van der Waals surface area contributed by atoms with Crippen LogP contribution in [0.3, 0.4) is 0 Å². The van der Waals surface area contributed by atoms with Gasteiger partial charge in [0.2, 0.25) is 11.8 Å². The van der Waals surface area contributed by atoms with Crippen LogP contribution in [-0.4, -0.2) is 29.4 Å². The molecule has 0 saturated carbocycles. The first kappa shape index (κ1) is 14.6. The van der Waals surface area contributed by atoms with Crippen molar-refractivity contribution in [3.63, 3.8) is 0 Å². The first-order chi connectivity index (χ1) is 12.8. The fraction of sp³-hybridized carbons (Fsp3) is 0.111. The predicted molar refractivity (Wildman–Crippen MR) is 96.5 cm³/mol. The van der Waals surface area contributed by atoms with Crippen LogP contribution in [0, 0.1) is 0 Å². The smallest absolute Gasteiger partial charge is 0.228 e. The van der Waals surface area contributed by atoms with E-state index in [4.69, 9.17) is 4.42 Å². The van der Waals surface area contributed by atoms with Gasteiger partial charge >= 0.3 is 0 Å². The van der Waals surface area contributed by atoms with Gasteiger partial charge in [-0.2, -0.15) is 14.6 Å². The van der Waals surface area contributed by atoms with Crippen molar-refractivity contribution in [3.05, 3.63) is 60.5 Å². The predicted octanol–water partition coefficient (Wildman–Crippen LogP) is 2.88. The number of anilines is 1. The Morgan fingerprint density at radius 1 is 1.04 bits per heavy atom. The Kier molecular flexibility index (Phi) is 3.21. The second-order valence-electron chi connectivity index (χ2n) is 5.96. The van der Waals surface area contributed by atoms with Gasteiger partial charge in [0.05, 0.1) is 11.6 Å². The lowest BCUT2D eigenvalue weighted by atomic mass is 10.2. The number of nitrogens with one attached hydrogen (secondary N) is 1. The molecule has 0 bridgehead atoms. The van der Waals surface area contributed by atoms with Crippen molar-refractivity contribution in [2.75, 3.05) is 5.32 Å². The molecule has 5 rings (SSSR count). The maximum absolute atomic E-state index is 5.44. The highest BCUT2D eigenvalue weighted by Gasteiger charge is 2.17. The molecule has 1 aromatic carbocycles. The van der Waals surface area contributed by atoms with E-state index in [2.05, 4.69) is 37.6 Å². The average Bonchev–Trinajstić information content (AvgIpc) is 3.38. The first-order valence-corrected chi connectivity index (χ1v) is 8.20. The molecule has 0 aliphatic heterocycles. The van der Waals surface area contributed by atoms with Crippen molar-refractivity contribution in [1.82, 2.24) is 29.4 Å². The van der Waals surface area contributed by atoms with Crippen LogP contribution in [-0.2, 0) is 13.6 Å². The zero-order valence-corrected chi connectivity index (χ0v) is 14.0. The van der Waals surface area contributed by atoms with Gasteiger partial charge in [0.1, 0.15) is 0 Å². The van der Waals surface area contributed by atoms with E-state index in [0.717, 1.165) is 10.9 Å². The molecular weight excluding hydrogens is 330 g/mol. The molecule has 0 aliphatic rings. The maximum atomic E-state index is 5.44. The van der Waals surface area contributed by atoms with E-state index in [1.807, 2.05) is 43.6 Å². The van der Waals surface area contributed by atoms with Crippen molar-refractivity contribution in [2.45, 2.75) is 6.54 Å². The van der Waals surface area contributed by atoms with E-state index in [9.17, 15) is 0 Å². The van der Waals surface area contributed by atoms with E-state index in [1.54, 1.807) is 15.5 Å². The van der Waals surface area contributed by atoms with Gasteiger partial charge in [-0.3, -0.25) is 4.68 Å². The van der Waals surface area contributed by atoms with Gasteiger partial charge in [0.15, 0.2) is 17.1 Å². The van der Waals surface area contributed by atoms with Gasteiger partial charge in [0, 0.05) is 19.8 Å². The molecule has 4 aromatic heterocycles. The molecule has 8 heteroatoms. The van der Waals surface area contributed by atoms with Gasteiger partial charge in [-0.25, -0.2) is 4.98 Å². The van der Waals surface area contributed by atoms with Gasteiger partial charge in [-0.15, -0.1) is 5.10 Å². The summed E-state index contributed by atoms with van der Waals surface area (Å²) in [5.74, 6) is 1.70. The number of rotatable bonds is 4. The molecule has 0 radical (unpaired) electrons. The van der Waals surface area contributed by atoms with E-state index in [0.29, 0.717) is 35.4 Å². The number of hydrogen-bond acceptors (Lipinski definition) is 6. The molecule has 0 unspecified atom stereocenters. The highest BCUT2D eigenvalue weighted by Crippen LogP contribution is 2.24. The summed E-state index contributed by atoms with van der Waals surface area (Å²) in [6.07, 6.45) is 3.49. The van der Waals surface area contributed by atoms with Crippen LogP contribution in [0.2, 0.25) is 0 Å². The number of hydrogen-bond donors (Lipinski definition) is 1. The maximum Gasteiger partial charge on any atom is 0.228 e. The Balaban J connectivity index is 1.65. The number of furan rings is 1. The summed E-state index contributed by atoms with van der Waals surface area (Å²) in [5.41, 5.74) is 2.45. The van der Waals surface area contributed by atoms with Crippen LogP contribution >= 0.6 is 0 Å². The van der Waals surface area contributed by atoms with Gasteiger partial charge in [-0.1, -0.05) is 30.3 Å². The molecule has 26 heavy (non-hydrogen) atoms. The van der Waals surface area contributed by atoms with Gasteiger partial charge in [-0.05, 0) is 17.7 Å². The second-order valence-corrected chi connectivity index (χ2v) is 5.96. The number of aromatic nitrogens is 6. The molecule has 0 spiro atoms. The molecule has 5 aromatic rings. The molecule has 4 heterocycles. The Bertz CT molecular complexity index is 1190. The second kappa shape index (κ2) is 5.69. The summed E-state index contributed by atoms with van der Waals surface area (Å²) in [4.78, 5) is 9.26. The molecule has 1 N–H and O–H groups in total. The SMILES string of the molecule is Cn1cc2c(nc(NCc3ccccc3)n3nc(-c4ccco4)nc23)n1. The Morgan fingerprint density at radius 2 is 1.92 bits per heavy atom. The van der Waals surface area contributed by atoms with Crippen LogP contribution in [0.5, 0.6) is 0 Å². The molecule has 0 saturated heterocycles. The quantitative estimate of drug-likeness (QED) is 0.539. The van der Waals surface area contributed by atoms with Crippen LogP contribution in [0.1, 0.15) is 5.56 Å². The Labute approximate surface area is 148 Å². The van der Waals surface area contributed by atoms with E-state index >= 15 is 0 Å². The third-order valence-electron chi connectivity index (χ3n) is 4.10. The minimum atomic E-state index is 0.510. The number of benzene rings is 1. The standard InChI is InChI=1S/C18H15N7O/c1-24-11-13-15(22-24)21-18(19-10-12-6-3-2-4-7-12)25-17(13)20-16(23-25)14-8-5-9-26-14/h2-9,11H,10H2,1H3,(H,19,21,22). The lowest BCUT2D eigenvalue weighted by molar-refractivity contribution is 0.577. The van der Waals surface area contributed by atoms with Crippen molar-refractivity contribution in [1.29, 1.82) is 0 Å². The Morgan fingerprint density at radius 3 is 2.73 bits per heavy atom. The van der Waals surface area contributed by atoms with Gasteiger partial charge in [0.25, 0.3) is 0 Å². The molecule has 0 amide bonds. The summed E-state index contributed by atoms with van der Waals surface area (Å²) in [5, 5.41) is 13.2. The normalized spacial score (nSPS) is 11.4. The summed E-state index contributed by atoms with van der Waals surface area (Å²) < 4.78 is 8.86. The lowest BCUT2D eigenvalue weighted by Crippen LogP contribution is -2.08. The summed E-state index contributed by atoms with van der Waals surface area (Å²) in [6.45, 7) is 0.622. The summed E-state index contributed by atoms with van der Waals surface area (Å²) in [6, 6.07) is 13.8. The highest BCUT2D eigenvalue weighted by molar-refractivity contribution is 5.90. The number of fused-ring (bicyclic) bond motifs is 3. The van der Waals surface area contributed by atoms with Gasteiger partial charge < -0.3 is 9.73 Å². The molecule has 128 valence electrons. The fourth-order valence-electron chi connectivity index (χ4n) is 2.90. The molecule has 0 aliphatic carbocycles. The van der Waals surface area contributed by atoms with E-state index in [1.165, 1.54) is 0 Å². The average molecular weight is 345 g/mol.